The zero-order chi connectivity index (χ0) is 23.6. The largest absolute Gasteiger partial charge is 0.481 e. The molecule has 0 radical (unpaired) electrons. The Bertz CT molecular complexity index is 1030. The van der Waals surface area contributed by atoms with Gasteiger partial charge in [-0.1, -0.05) is 44.2 Å². The first-order chi connectivity index (χ1) is 15.7. The first kappa shape index (κ1) is 23.3. The molecule has 0 bridgehead atoms. The van der Waals surface area contributed by atoms with Crippen molar-refractivity contribution in [3.63, 3.8) is 0 Å². The third kappa shape index (κ3) is 5.93. The third-order valence-corrected chi connectivity index (χ3v) is 5.75. The monoisotopic (exact) mass is 460 g/mol. The van der Waals surface area contributed by atoms with Crippen molar-refractivity contribution in [1.82, 2.24) is 5.32 Å². The first-order valence-electron chi connectivity index (χ1n) is 11.1. The fraction of sp³-hybridized carbons (Fsp3) is 0.440. The lowest BCUT2D eigenvalue weighted by atomic mass is 9.99. The number of carbonyl (C=O) groups is 1. The second kappa shape index (κ2) is 9.55. The molecule has 0 spiro atoms. The lowest BCUT2D eigenvalue weighted by Gasteiger charge is -2.27. The van der Waals surface area contributed by atoms with Crippen LogP contribution >= 0.6 is 0 Å². The third-order valence-electron chi connectivity index (χ3n) is 5.75. The maximum Gasteiger partial charge on any atom is 0.416 e. The molecule has 0 aromatic heterocycles. The lowest BCUT2D eigenvalue weighted by molar-refractivity contribution is -0.138. The number of nitrogens with one attached hydrogen (secondary N) is 1. The van der Waals surface area contributed by atoms with Crippen LogP contribution in [0.2, 0.25) is 0 Å². The molecule has 3 atom stereocenters. The summed E-state index contributed by atoms with van der Waals surface area (Å²) in [5.41, 5.74) is 1.63. The topological polar surface area (TPSA) is 59.9 Å². The van der Waals surface area contributed by atoms with Gasteiger partial charge in [-0.2, -0.15) is 13.2 Å². The molecule has 2 aromatic rings. The molecular weight excluding hydrogens is 433 g/mol. The van der Waals surface area contributed by atoms with Crippen molar-refractivity contribution >= 4 is 12.1 Å². The number of carbonyl (C=O) groups excluding carboxylic acids is 1. The molecule has 1 N–H and O–H groups in total. The van der Waals surface area contributed by atoms with Crippen molar-refractivity contribution in [1.29, 1.82) is 0 Å². The summed E-state index contributed by atoms with van der Waals surface area (Å²) in [7, 11) is 0. The molecule has 0 saturated carbocycles. The molecule has 1 amide bonds. The lowest BCUT2D eigenvalue weighted by Crippen LogP contribution is -2.44. The summed E-state index contributed by atoms with van der Waals surface area (Å²) in [5, 5.41) is 2.86. The molecule has 0 aliphatic carbocycles. The zero-order valence-electron chi connectivity index (χ0n) is 18.6. The highest BCUT2D eigenvalue weighted by molar-refractivity contribution is 5.82. The van der Waals surface area contributed by atoms with E-state index in [9.17, 15) is 18.0 Å². The molecule has 0 fully saturated rings. The Kier molecular flexibility index (Phi) is 6.74. The molecule has 8 heteroatoms. The minimum atomic E-state index is -4.54. The number of benzene rings is 2. The van der Waals surface area contributed by atoms with Gasteiger partial charge in [-0.25, -0.2) is 0 Å². The Morgan fingerprint density at radius 2 is 1.94 bits per heavy atom. The van der Waals surface area contributed by atoms with E-state index in [0.29, 0.717) is 26.0 Å². The van der Waals surface area contributed by atoms with Gasteiger partial charge in [0.25, 0.3) is 5.91 Å². The average molecular weight is 460 g/mol. The van der Waals surface area contributed by atoms with Crippen LogP contribution in [0.15, 0.2) is 47.5 Å². The molecule has 2 aliphatic heterocycles. The average Bonchev–Trinajstić information content (AvgIpc) is 3.61. The van der Waals surface area contributed by atoms with Crippen LogP contribution < -0.4 is 10.1 Å². The van der Waals surface area contributed by atoms with Crippen LogP contribution in [0.1, 0.15) is 48.6 Å². The predicted octanol–water partition coefficient (Wildman–Crippen LogP) is 4.88. The summed E-state index contributed by atoms with van der Waals surface area (Å²) in [6, 6.07) is 11.3. The SMILES string of the molecule is CC(C)CC(Oc1ccc(C2C=N2)c(C(F)(F)F)c1)C(=O)NCC1Cc2ccccc2CO1. The quantitative estimate of drug-likeness (QED) is 0.611. The van der Waals surface area contributed by atoms with Crippen LogP contribution in [0.3, 0.4) is 0 Å². The number of fused-ring (bicyclic) bond motifs is 1. The van der Waals surface area contributed by atoms with Crippen molar-refractivity contribution < 1.29 is 27.4 Å². The molecule has 33 heavy (non-hydrogen) atoms. The normalized spacial score (nSPS) is 20.3. The summed E-state index contributed by atoms with van der Waals surface area (Å²) in [6.45, 7) is 4.65. The number of nitrogens with zero attached hydrogens (tertiary/aromatic N) is 1. The van der Waals surface area contributed by atoms with Crippen LogP contribution in [-0.4, -0.2) is 30.9 Å². The number of ether oxygens (including phenoxy) is 2. The predicted molar refractivity (Wildman–Crippen MR) is 118 cm³/mol. The summed E-state index contributed by atoms with van der Waals surface area (Å²) in [6.07, 6.45) is -3.10. The van der Waals surface area contributed by atoms with Crippen LogP contribution in [0.25, 0.3) is 0 Å². The maximum absolute atomic E-state index is 13.6. The van der Waals surface area contributed by atoms with Gasteiger partial charge in [0, 0.05) is 19.2 Å². The van der Waals surface area contributed by atoms with E-state index in [4.69, 9.17) is 9.47 Å². The molecule has 176 valence electrons. The molecular formula is C25H27F3N2O3. The van der Waals surface area contributed by atoms with Crippen LogP contribution in [0.4, 0.5) is 13.2 Å². The van der Waals surface area contributed by atoms with Crippen LogP contribution in [0.5, 0.6) is 5.75 Å². The molecule has 0 saturated heterocycles. The van der Waals surface area contributed by atoms with E-state index >= 15 is 0 Å². The first-order valence-corrected chi connectivity index (χ1v) is 11.1. The Hall–Kier alpha value is -2.87. The van der Waals surface area contributed by atoms with E-state index in [-0.39, 0.29) is 29.2 Å². The number of halogens is 3. The van der Waals surface area contributed by atoms with Crippen molar-refractivity contribution in [3.05, 3.63) is 64.7 Å². The second-order valence-corrected chi connectivity index (χ2v) is 8.88. The van der Waals surface area contributed by atoms with Gasteiger partial charge in [0.15, 0.2) is 6.10 Å². The number of rotatable bonds is 8. The van der Waals surface area contributed by atoms with Gasteiger partial charge in [-0.05, 0) is 41.2 Å². The second-order valence-electron chi connectivity index (χ2n) is 8.88. The summed E-state index contributed by atoms with van der Waals surface area (Å²) in [4.78, 5) is 16.8. The molecule has 4 rings (SSSR count). The minimum Gasteiger partial charge on any atom is -0.481 e. The fourth-order valence-electron chi connectivity index (χ4n) is 3.99. The van der Waals surface area contributed by atoms with Gasteiger partial charge in [0.2, 0.25) is 0 Å². The van der Waals surface area contributed by atoms with Crippen LogP contribution in [0, 0.1) is 5.92 Å². The van der Waals surface area contributed by atoms with E-state index in [1.807, 2.05) is 38.1 Å². The van der Waals surface area contributed by atoms with Gasteiger partial charge in [-0.15, -0.1) is 0 Å². The van der Waals surface area contributed by atoms with Gasteiger partial charge >= 0.3 is 6.18 Å². The smallest absolute Gasteiger partial charge is 0.416 e. The summed E-state index contributed by atoms with van der Waals surface area (Å²) < 4.78 is 52.3. The molecule has 2 heterocycles. The Morgan fingerprint density at radius 1 is 1.21 bits per heavy atom. The van der Waals surface area contributed by atoms with E-state index in [1.165, 1.54) is 23.9 Å². The Balaban J connectivity index is 1.42. The van der Waals surface area contributed by atoms with Crippen LogP contribution in [-0.2, 0) is 28.7 Å². The highest BCUT2D eigenvalue weighted by Crippen LogP contribution is 2.40. The van der Waals surface area contributed by atoms with E-state index < -0.39 is 23.9 Å². The van der Waals surface area contributed by atoms with E-state index in [1.54, 1.807) is 0 Å². The van der Waals surface area contributed by atoms with Gasteiger partial charge in [0.1, 0.15) is 11.8 Å². The fourth-order valence-corrected chi connectivity index (χ4v) is 3.99. The number of alkyl halides is 3. The molecule has 5 nitrogen and oxygen atoms in total. The highest BCUT2D eigenvalue weighted by Gasteiger charge is 2.37. The number of hydrogen-bond acceptors (Lipinski definition) is 4. The van der Waals surface area contributed by atoms with E-state index in [2.05, 4.69) is 10.3 Å². The standard InChI is InChI=1S/C25H27F3N2O3/c1-15(2)9-23(24(31)30-12-19-10-16-5-3-4-6-17(16)14-32-19)33-18-7-8-20(22-13-29-22)21(11-18)25(26,27)28/h3-8,11,13,15,19,22-23H,9-10,12,14H2,1-2H3,(H,30,31). The minimum absolute atomic E-state index is 0.00960. The Labute approximate surface area is 191 Å². The molecule has 2 aromatic carbocycles. The summed E-state index contributed by atoms with van der Waals surface area (Å²) >= 11 is 0. The molecule has 3 unspecified atom stereocenters. The van der Waals surface area contributed by atoms with Crippen molar-refractivity contribution in [2.45, 2.75) is 57.7 Å². The van der Waals surface area contributed by atoms with E-state index in [0.717, 1.165) is 11.6 Å². The van der Waals surface area contributed by atoms with Crippen molar-refractivity contribution in [2.24, 2.45) is 10.9 Å². The molecule has 2 aliphatic rings. The van der Waals surface area contributed by atoms with Gasteiger partial charge < -0.3 is 14.8 Å². The number of aliphatic imine (C=N–C) groups is 1. The maximum atomic E-state index is 13.6. The Morgan fingerprint density at radius 3 is 2.61 bits per heavy atom. The van der Waals surface area contributed by atoms with Crippen molar-refractivity contribution in [3.8, 4) is 5.75 Å². The van der Waals surface area contributed by atoms with Gasteiger partial charge in [-0.3, -0.25) is 9.79 Å². The number of hydrogen-bond donors (Lipinski definition) is 1. The van der Waals surface area contributed by atoms with Gasteiger partial charge in [0.05, 0.1) is 18.3 Å². The summed E-state index contributed by atoms with van der Waals surface area (Å²) in [5.74, 6) is -0.246. The number of amides is 1. The highest BCUT2D eigenvalue weighted by atomic mass is 19.4. The van der Waals surface area contributed by atoms with Crippen molar-refractivity contribution in [2.75, 3.05) is 6.54 Å². The zero-order valence-corrected chi connectivity index (χ0v) is 18.6.